The van der Waals surface area contributed by atoms with Crippen molar-refractivity contribution >= 4 is 31.9 Å². The zero-order chi connectivity index (χ0) is 12.0. The van der Waals surface area contributed by atoms with Crippen LogP contribution >= 0.6 is 31.9 Å². The molecule has 1 aliphatic carbocycles. The van der Waals surface area contributed by atoms with E-state index in [1.54, 1.807) is 13.8 Å². The van der Waals surface area contributed by atoms with Crippen molar-refractivity contribution < 1.29 is 4.43 Å². The van der Waals surface area contributed by atoms with Crippen molar-refractivity contribution in [3.05, 3.63) is 32.9 Å². The number of hydrogen-bond acceptors (Lipinski definition) is 2. The average molecular weight is 352 g/mol. The van der Waals surface area contributed by atoms with Gasteiger partial charge >= 0.3 is 0 Å². The third-order valence-electron chi connectivity index (χ3n) is 3.10. The lowest BCUT2D eigenvalue weighted by Gasteiger charge is -2.28. The van der Waals surface area contributed by atoms with Gasteiger partial charge in [-0.3, -0.25) is 0 Å². The van der Waals surface area contributed by atoms with E-state index in [-0.39, 0.29) is 9.65 Å². The van der Waals surface area contributed by atoms with Gasteiger partial charge in [-0.15, -0.1) is 0 Å². The molecule has 0 saturated carbocycles. The summed E-state index contributed by atoms with van der Waals surface area (Å²) < 4.78 is 1.76. The molecule has 0 spiro atoms. The van der Waals surface area contributed by atoms with Crippen molar-refractivity contribution in [3.8, 4) is 0 Å². The number of nitrogens with zero attached hydrogens (tertiary/aromatic N) is 2. The monoisotopic (exact) mass is 350 g/mol. The molecule has 0 unspecified atom stereocenters. The number of halogens is 2. The van der Waals surface area contributed by atoms with Crippen molar-refractivity contribution in [2.75, 3.05) is 0 Å². The van der Waals surface area contributed by atoms with Crippen LogP contribution in [0.1, 0.15) is 45.3 Å². The van der Waals surface area contributed by atoms with Gasteiger partial charge in [0.05, 0.1) is 14.9 Å². The van der Waals surface area contributed by atoms with Gasteiger partial charge in [-0.25, -0.2) is 0 Å². The lowest BCUT2D eigenvalue weighted by atomic mass is 9.99. The molecule has 0 amide bonds. The molecule has 0 N–H and O–H groups in total. The Morgan fingerprint density at radius 3 is 2.50 bits per heavy atom. The molecular formula is C10H12Br2N2O2. The van der Waals surface area contributed by atoms with Gasteiger partial charge in [0.1, 0.15) is 10.5 Å². The molecule has 1 heterocycles. The first-order chi connectivity index (χ1) is 7.45. The SMILES string of the molecule is Cc1c(C)[n+](=O)c2c(n1[O-])[C@H](Br)CC[C@@H]2Br. The fourth-order valence-electron chi connectivity index (χ4n) is 2.00. The highest BCUT2D eigenvalue weighted by Crippen LogP contribution is 2.43. The number of fused-ring (bicyclic) bond motifs is 1. The van der Waals surface area contributed by atoms with E-state index >= 15 is 0 Å². The lowest BCUT2D eigenvalue weighted by Crippen LogP contribution is -2.34. The lowest BCUT2D eigenvalue weighted by molar-refractivity contribution is -0.515. The minimum Gasteiger partial charge on any atom is -0.805 e. The highest BCUT2D eigenvalue weighted by molar-refractivity contribution is 9.09. The van der Waals surface area contributed by atoms with Crippen molar-refractivity contribution in [1.29, 1.82) is 0 Å². The molecule has 2 rings (SSSR count). The molecule has 16 heavy (non-hydrogen) atoms. The Labute approximate surface area is 110 Å². The predicted octanol–water partition coefficient (Wildman–Crippen LogP) is 3.03. The van der Waals surface area contributed by atoms with E-state index in [0.29, 0.717) is 22.8 Å². The Bertz CT molecular complexity index is 499. The molecule has 0 radical (unpaired) electrons. The van der Waals surface area contributed by atoms with Gasteiger partial charge in [0.15, 0.2) is 0 Å². The van der Waals surface area contributed by atoms with Crippen molar-refractivity contribution in [2.24, 2.45) is 0 Å². The molecule has 1 aromatic heterocycles. The number of aromatic nitrogens is 2. The molecule has 0 bridgehead atoms. The number of hydrogen-bond donors (Lipinski definition) is 0. The molecule has 0 fully saturated rings. The van der Waals surface area contributed by atoms with Crippen LogP contribution in [0.15, 0.2) is 0 Å². The largest absolute Gasteiger partial charge is 0.805 e. The summed E-state index contributed by atoms with van der Waals surface area (Å²) in [5.74, 6) is 0. The minimum atomic E-state index is -0.0340. The van der Waals surface area contributed by atoms with Crippen LogP contribution in [0.3, 0.4) is 0 Å². The molecule has 0 aromatic carbocycles. The van der Waals surface area contributed by atoms with Gasteiger partial charge in [0.25, 0.3) is 11.4 Å². The quantitative estimate of drug-likeness (QED) is 0.532. The summed E-state index contributed by atoms with van der Waals surface area (Å²) in [6.45, 7) is 3.35. The molecule has 0 saturated heterocycles. The van der Waals surface area contributed by atoms with Crippen molar-refractivity contribution in [2.45, 2.75) is 36.3 Å². The summed E-state index contributed by atoms with van der Waals surface area (Å²) in [7, 11) is 0. The van der Waals surface area contributed by atoms with Crippen LogP contribution in [0.4, 0.5) is 0 Å². The summed E-state index contributed by atoms with van der Waals surface area (Å²) >= 11 is 6.93. The third kappa shape index (κ3) is 1.62. The normalized spacial score (nSPS) is 24.2. The zero-order valence-corrected chi connectivity index (χ0v) is 12.2. The Morgan fingerprint density at radius 1 is 1.31 bits per heavy atom. The molecule has 1 aliphatic rings. The first-order valence-corrected chi connectivity index (χ1v) is 6.92. The predicted molar refractivity (Wildman–Crippen MR) is 68.6 cm³/mol. The maximum Gasteiger partial charge on any atom is 0.273 e. The van der Waals surface area contributed by atoms with E-state index in [1.807, 2.05) is 0 Å². The second-order valence-corrected chi connectivity index (χ2v) is 6.25. The molecule has 2 atom stereocenters. The average Bonchev–Trinajstić information content (AvgIpc) is 2.26. The Hall–Kier alpha value is -0.360. The summed E-state index contributed by atoms with van der Waals surface area (Å²) in [6.07, 6.45) is 1.71. The fourth-order valence-corrected chi connectivity index (χ4v) is 3.37. The Morgan fingerprint density at radius 2 is 1.88 bits per heavy atom. The van der Waals surface area contributed by atoms with Gasteiger partial charge in [-0.1, -0.05) is 31.9 Å². The molecule has 1 aromatic rings. The van der Waals surface area contributed by atoms with Crippen LogP contribution in [0, 0.1) is 24.0 Å². The van der Waals surface area contributed by atoms with Crippen LogP contribution in [0.5, 0.6) is 0 Å². The van der Waals surface area contributed by atoms with E-state index in [9.17, 15) is 10.1 Å². The topological polar surface area (TPSA) is 51.0 Å². The van der Waals surface area contributed by atoms with E-state index in [2.05, 4.69) is 31.9 Å². The molecule has 0 aliphatic heterocycles. The molecule has 6 heteroatoms. The molecule has 4 nitrogen and oxygen atoms in total. The van der Waals surface area contributed by atoms with E-state index in [1.165, 1.54) is 0 Å². The molecule has 88 valence electrons. The van der Waals surface area contributed by atoms with Gasteiger partial charge < -0.3 is 9.94 Å². The van der Waals surface area contributed by atoms with Crippen LogP contribution in [-0.4, -0.2) is 4.73 Å². The van der Waals surface area contributed by atoms with E-state index in [0.717, 1.165) is 22.0 Å². The second-order valence-electron chi connectivity index (χ2n) is 4.04. The number of rotatable bonds is 0. The summed E-state index contributed by atoms with van der Waals surface area (Å²) in [5, 5.41) is 12.1. The minimum absolute atomic E-state index is 0.0340. The smallest absolute Gasteiger partial charge is 0.273 e. The first kappa shape index (κ1) is 12.1. The Balaban J connectivity index is 2.84. The van der Waals surface area contributed by atoms with Crippen LogP contribution in [0.25, 0.3) is 0 Å². The maximum atomic E-state index is 12.1. The van der Waals surface area contributed by atoms with Crippen LogP contribution < -0.4 is 4.43 Å². The zero-order valence-electron chi connectivity index (χ0n) is 9.04. The first-order valence-electron chi connectivity index (χ1n) is 5.09. The van der Waals surface area contributed by atoms with E-state index in [4.69, 9.17) is 0 Å². The summed E-state index contributed by atoms with van der Waals surface area (Å²) in [4.78, 5) is 12.0. The van der Waals surface area contributed by atoms with E-state index < -0.39 is 0 Å². The summed E-state index contributed by atoms with van der Waals surface area (Å²) in [6, 6.07) is 0. The fraction of sp³-hybridized carbons (Fsp3) is 0.600. The standard InChI is InChI=1S/C10H12Br2N2O2/c1-5-6(2)14(16)10-8(12)4-3-7(11)9(10)13(5)15/h7-8H,3-4H2,1-2H3/t7-,8+. The second kappa shape index (κ2) is 4.14. The number of alkyl halides is 2. The highest BCUT2D eigenvalue weighted by Gasteiger charge is 2.36. The van der Waals surface area contributed by atoms with Gasteiger partial charge in [-0.2, -0.15) is 0 Å². The summed E-state index contributed by atoms with van der Waals surface area (Å²) in [5.41, 5.74) is 2.04. The van der Waals surface area contributed by atoms with Gasteiger partial charge in [0, 0.05) is 11.8 Å². The van der Waals surface area contributed by atoms with Crippen LogP contribution in [0.2, 0.25) is 0 Å². The van der Waals surface area contributed by atoms with Crippen molar-refractivity contribution in [1.82, 2.24) is 4.73 Å². The Kier molecular flexibility index (Phi) is 3.13. The maximum absolute atomic E-state index is 12.1. The molecular weight excluding hydrogens is 340 g/mol. The van der Waals surface area contributed by atoms with Crippen LogP contribution in [-0.2, 0) is 0 Å². The van der Waals surface area contributed by atoms with Gasteiger partial charge in [-0.05, 0) is 19.8 Å². The third-order valence-corrected chi connectivity index (χ3v) is 4.88. The van der Waals surface area contributed by atoms with Gasteiger partial charge in [0.2, 0.25) is 0 Å². The van der Waals surface area contributed by atoms with Crippen molar-refractivity contribution in [3.63, 3.8) is 0 Å². The highest BCUT2D eigenvalue weighted by atomic mass is 79.9.